The van der Waals surface area contributed by atoms with E-state index in [4.69, 9.17) is 23.2 Å². The Hall–Kier alpha value is -2.61. The number of hydrogen-bond acceptors (Lipinski definition) is 4. The lowest BCUT2D eigenvalue weighted by Gasteiger charge is -2.05. The molecule has 0 atom stereocenters. The number of carbonyl (C=O) groups is 2. The van der Waals surface area contributed by atoms with Gasteiger partial charge in [0.1, 0.15) is 0 Å². The van der Waals surface area contributed by atoms with Gasteiger partial charge in [0.05, 0.1) is 12.1 Å². The van der Waals surface area contributed by atoms with Crippen LogP contribution in [0.1, 0.15) is 5.69 Å². The molecule has 6 nitrogen and oxygen atoms in total. The number of urea groups is 1. The second-order valence-corrected chi connectivity index (χ2v) is 7.20. The van der Waals surface area contributed by atoms with E-state index in [1.165, 1.54) is 11.3 Å². The highest BCUT2D eigenvalue weighted by Gasteiger charge is 2.11. The number of anilines is 3. The summed E-state index contributed by atoms with van der Waals surface area (Å²) in [4.78, 5) is 28.3. The summed E-state index contributed by atoms with van der Waals surface area (Å²) in [5.74, 6) is -0.225. The molecule has 0 aliphatic heterocycles. The molecule has 3 aromatic rings. The molecule has 0 bridgehead atoms. The minimum atomic E-state index is -0.443. The van der Waals surface area contributed by atoms with E-state index in [9.17, 15) is 9.59 Å². The standard InChI is InChI=1S/C18H14Cl2N4O2S/c19-11-3-1-5-13(7-11)21-16(25)9-15-10-27-18(23-15)24-17(26)22-14-6-2-4-12(20)8-14/h1-8,10H,9H2,(H,21,25)(H2,22,23,24,26). The van der Waals surface area contributed by atoms with Gasteiger partial charge < -0.3 is 10.6 Å². The molecule has 27 heavy (non-hydrogen) atoms. The molecule has 1 aromatic heterocycles. The minimum absolute atomic E-state index is 0.0839. The lowest BCUT2D eigenvalue weighted by Crippen LogP contribution is -2.19. The van der Waals surface area contributed by atoms with Gasteiger partial charge in [-0.1, -0.05) is 35.3 Å². The van der Waals surface area contributed by atoms with E-state index in [-0.39, 0.29) is 12.3 Å². The predicted octanol–water partition coefficient (Wildman–Crippen LogP) is 5.28. The van der Waals surface area contributed by atoms with Crippen molar-refractivity contribution in [3.8, 4) is 0 Å². The van der Waals surface area contributed by atoms with E-state index in [0.717, 1.165) is 0 Å². The third kappa shape index (κ3) is 5.96. The Morgan fingerprint density at radius 2 is 1.56 bits per heavy atom. The van der Waals surface area contributed by atoms with Crippen molar-refractivity contribution in [3.63, 3.8) is 0 Å². The Balaban J connectivity index is 1.53. The average Bonchev–Trinajstić information content (AvgIpc) is 3.01. The van der Waals surface area contributed by atoms with Crippen molar-refractivity contribution in [1.82, 2.24) is 4.98 Å². The Labute approximate surface area is 169 Å². The molecule has 3 N–H and O–H groups in total. The molecule has 1 heterocycles. The maximum atomic E-state index is 12.1. The van der Waals surface area contributed by atoms with Gasteiger partial charge in [0.25, 0.3) is 0 Å². The maximum absolute atomic E-state index is 12.1. The number of nitrogens with zero attached hydrogens (tertiary/aromatic N) is 1. The molecule has 3 amide bonds. The molecule has 9 heteroatoms. The molecule has 138 valence electrons. The van der Waals surface area contributed by atoms with Gasteiger partial charge >= 0.3 is 6.03 Å². The van der Waals surface area contributed by atoms with Crippen LogP contribution in [0.25, 0.3) is 0 Å². The van der Waals surface area contributed by atoms with Crippen molar-refractivity contribution in [1.29, 1.82) is 0 Å². The number of amides is 3. The molecule has 0 radical (unpaired) electrons. The fourth-order valence-electron chi connectivity index (χ4n) is 2.21. The van der Waals surface area contributed by atoms with Crippen molar-refractivity contribution in [2.75, 3.05) is 16.0 Å². The molecule has 2 aromatic carbocycles. The predicted molar refractivity (Wildman–Crippen MR) is 110 cm³/mol. The van der Waals surface area contributed by atoms with Crippen LogP contribution in [0.4, 0.5) is 21.3 Å². The quantitative estimate of drug-likeness (QED) is 0.525. The lowest BCUT2D eigenvalue weighted by molar-refractivity contribution is -0.115. The van der Waals surface area contributed by atoms with E-state index in [2.05, 4.69) is 20.9 Å². The molecular weight excluding hydrogens is 407 g/mol. The van der Waals surface area contributed by atoms with Crippen LogP contribution in [0.2, 0.25) is 10.0 Å². The average molecular weight is 421 g/mol. The zero-order chi connectivity index (χ0) is 19.2. The van der Waals surface area contributed by atoms with Gasteiger partial charge in [-0.3, -0.25) is 10.1 Å². The third-order valence-electron chi connectivity index (χ3n) is 3.30. The van der Waals surface area contributed by atoms with Crippen LogP contribution in [0.5, 0.6) is 0 Å². The molecule has 0 aliphatic rings. The van der Waals surface area contributed by atoms with Crippen molar-refractivity contribution >= 4 is 63.0 Å². The zero-order valence-electron chi connectivity index (χ0n) is 13.8. The molecule has 0 saturated carbocycles. The second-order valence-electron chi connectivity index (χ2n) is 5.47. The van der Waals surface area contributed by atoms with E-state index in [1.807, 2.05) is 0 Å². The highest BCUT2D eigenvalue weighted by Crippen LogP contribution is 2.19. The molecular formula is C18H14Cl2N4O2S. The fraction of sp³-hybridized carbons (Fsp3) is 0.0556. The largest absolute Gasteiger partial charge is 0.326 e. The van der Waals surface area contributed by atoms with Gasteiger partial charge in [-0.05, 0) is 36.4 Å². The van der Waals surface area contributed by atoms with Crippen molar-refractivity contribution < 1.29 is 9.59 Å². The maximum Gasteiger partial charge on any atom is 0.325 e. The number of halogens is 2. The number of hydrogen-bond donors (Lipinski definition) is 3. The summed E-state index contributed by atoms with van der Waals surface area (Å²) in [6.07, 6.45) is 0.0839. The highest BCUT2D eigenvalue weighted by molar-refractivity contribution is 7.14. The van der Waals surface area contributed by atoms with Crippen LogP contribution < -0.4 is 16.0 Å². The van der Waals surface area contributed by atoms with Crippen LogP contribution in [-0.2, 0) is 11.2 Å². The number of rotatable bonds is 5. The topological polar surface area (TPSA) is 83.1 Å². The first-order valence-corrected chi connectivity index (χ1v) is 9.45. The number of nitrogens with one attached hydrogen (secondary N) is 3. The number of aromatic nitrogens is 1. The fourth-order valence-corrected chi connectivity index (χ4v) is 3.29. The minimum Gasteiger partial charge on any atom is -0.326 e. The van der Waals surface area contributed by atoms with Gasteiger partial charge in [0.15, 0.2) is 5.13 Å². The SMILES string of the molecule is O=C(Cc1csc(NC(=O)Nc2cccc(Cl)c2)n1)Nc1cccc(Cl)c1. The van der Waals surface area contributed by atoms with Crippen molar-refractivity contribution in [2.45, 2.75) is 6.42 Å². The first-order chi connectivity index (χ1) is 13.0. The number of benzene rings is 2. The summed E-state index contributed by atoms with van der Waals surface area (Å²) in [6.45, 7) is 0. The van der Waals surface area contributed by atoms with Crippen LogP contribution >= 0.6 is 34.5 Å². The van der Waals surface area contributed by atoms with Crippen LogP contribution in [0.15, 0.2) is 53.9 Å². The number of thiazole rings is 1. The van der Waals surface area contributed by atoms with Crippen LogP contribution in [0, 0.1) is 0 Å². The van der Waals surface area contributed by atoms with E-state index < -0.39 is 6.03 Å². The van der Waals surface area contributed by atoms with Crippen LogP contribution in [0.3, 0.4) is 0 Å². The van der Waals surface area contributed by atoms with Gasteiger partial charge in [0, 0.05) is 26.8 Å². The first kappa shape index (κ1) is 19.2. The third-order valence-corrected chi connectivity index (χ3v) is 4.58. The van der Waals surface area contributed by atoms with Crippen molar-refractivity contribution in [3.05, 3.63) is 69.7 Å². The summed E-state index contributed by atoms with van der Waals surface area (Å²) in [5.41, 5.74) is 1.73. The second kappa shape index (κ2) is 8.85. The summed E-state index contributed by atoms with van der Waals surface area (Å²) in [5, 5.41) is 11.2. The molecule has 0 aliphatic carbocycles. The van der Waals surface area contributed by atoms with Gasteiger partial charge in [-0.2, -0.15) is 0 Å². The summed E-state index contributed by atoms with van der Waals surface area (Å²) in [7, 11) is 0. The van der Waals surface area contributed by atoms with E-state index in [0.29, 0.717) is 32.2 Å². The van der Waals surface area contributed by atoms with E-state index in [1.54, 1.807) is 53.9 Å². The molecule has 0 fully saturated rings. The first-order valence-electron chi connectivity index (χ1n) is 7.81. The lowest BCUT2D eigenvalue weighted by atomic mass is 10.3. The number of carbonyl (C=O) groups excluding carboxylic acids is 2. The Morgan fingerprint density at radius 1 is 0.926 bits per heavy atom. The highest BCUT2D eigenvalue weighted by atomic mass is 35.5. The molecule has 3 rings (SSSR count). The van der Waals surface area contributed by atoms with Gasteiger partial charge in [0.2, 0.25) is 5.91 Å². The smallest absolute Gasteiger partial charge is 0.325 e. The Morgan fingerprint density at radius 3 is 2.19 bits per heavy atom. The van der Waals surface area contributed by atoms with Gasteiger partial charge in [-0.25, -0.2) is 9.78 Å². The van der Waals surface area contributed by atoms with Crippen LogP contribution in [-0.4, -0.2) is 16.9 Å². The Bertz CT molecular complexity index is 901. The summed E-state index contributed by atoms with van der Waals surface area (Å²) < 4.78 is 0. The molecule has 0 saturated heterocycles. The summed E-state index contributed by atoms with van der Waals surface area (Å²) in [6, 6.07) is 13.2. The molecule has 0 spiro atoms. The molecule has 0 unspecified atom stereocenters. The normalized spacial score (nSPS) is 10.3. The zero-order valence-corrected chi connectivity index (χ0v) is 16.2. The van der Waals surface area contributed by atoms with Crippen molar-refractivity contribution in [2.24, 2.45) is 0 Å². The summed E-state index contributed by atoms with van der Waals surface area (Å²) >= 11 is 13.0. The van der Waals surface area contributed by atoms with Gasteiger partial charge in [-0.15, -0.1) is 11.3 Å². The monoisotopic (exact) mass is 420 g/mol. The van der Waals surface area contributed by atoms with E-state index >= 15 is 0 Å². The Kier molecular flexibility index (Phi) is 6.28.